The zero-order chi connectivity index (χ0) is 65.9. The minimum atomic E-state index is -0.500. The molecule has 466 valence electrons. The molecular formula is C91H56BN5O3. The third-order valence-electron chi connectivity index (χ3n) is 20.2. The lowest BCUT2D eigenvalue weighted by molar-refractivity contribution is 0.669. The Bertz CT molecular complexity index is 6210. The summed E-state index contributed by atoms with van der Waals surface area (Å²) in [6, 6.07) is 123. The number of rotatable bonds is 11. The lowest BCUT2D eigenvalue weighted by atomic mass is 9.33. The van der Waals surface area contributed by atoms with E-state index >= 15 is 0 Å². The number of para-hydroxylation sites is 7. The second-order valence-electron chi connectivity index (χ2n) is 25.8. The van der Waals surface area contributed by atoms with Crippen LogP contribution in [0, 0.1) is 11.3 Å². The molecule has 0 radical (unpaired) electrons. The van der Waals surface area contributed by atoms with Crippen LogP contribution >= 0.6 is 0 Å². The summed E-state index contributed by atoms with van der Waals surface area (Å²) < 4.78 is 21.8. The van der Waals surface area contributed by atoms with Crippen molar-refractivity contribution in [3.63, 3.8) is 0 Å². The zero-order valence-electron chi connectivity index (χ0n) is 53.9. The van der Waals surface area contributed by atoms with E-state index in [2.05, 4.69) is 341 Å². The van der Waals surface area contributed by atoms with E-state index in [-0.39, 0.29) is 0 Å². The molecule has 0 fully saturated rings. The summed E-state index contributed by atoms with van der Waals surface area (Å²) in [5.74, 6) is 0. The predicted molar refractivity (Wildman–Crippen MR) is 413 cm³/mol. The molecule has 0 bridgehead atoms. The van der Waals surface area contributed by atoms with Crippen LogP contribution in [0.25, 0.3) is 99.2 Å². The summed E-state index contributed by atoms with van der Waals surface area (Å²) in [6.07, 6.45) is 0. The molecule has 9 heteroatoms. The number of furan rings is 3. The maximum Gasteiger partial charge on any atom is 0.261 e. The van der Waals surface area contributed by atoms with E-state index in [1.807, 2.05) is 24.3 Å². The molecule has 0 spiro atoms. The van der Waals surface area contributed by atoms with E-state index in [0.717, 1.165) is 184 Å². The first-order valence-corrected chi connectivity index (χ1v) is 33.8. The average Bonchev–Trinajstić information content (AvgIpc) is 1.21. The van der Waals surface area contributed by atoms with E-state index < -0.39 is 6.71 Å². The van der Waals surface area contributed by atoms with Crippen molar-refractivity contribution in [2.45, 2.75) is 0 Å². The zero-order valence-corrected chi connectivity index (χ0v) is 53.9. The molecule has 5 heterocycles. The van der Waals surface area contributed by atoms with Gasteiger partial charge in [-0.2, -0.15) is 5.26 Å². The Morgan fingerprint density at radius 3 is 1.09 bits per heavy atom. The topological polar surface area (TPSA) is 76.2 Å². The molecule has 0 N–H and O–H groups in total. The standard InChI is InChI=1S/C91H56BN5O3/c93-57-58-38-40-60(41-39-58)75-56-80-89(91-86(75)73-34-18-21-37-83(73)100-91)92-87-77(53-62(61-42-51-84-76(52-61)71-32-16-19-35-81(71)98-84)54-78(87)97(80)70-49-45-68(46-50-70)95(65-28-12-4-13-29-65)66-30-14-5-15-31-66)96(69-47-43-67(44-48-69)94(63-24-8-2-9-25-63)64-26-10-3-11-27-64)79-55-74(59-22-6-1-7-23-59)85-72-33-17-20-36-82(72)99-90(85)88(79)92/h1-56H. The molecule has 2 aliphatic rings. The van der Waals surface area contributed by atoms with Crippen molar-refractivity contribution in [2.24, 2.45) is 0 Å². The van der Waals surface area contributed by atoms with Crippen LogP contribution in [0.15, 0.2) is 353 Å². The van der Waals surface area contributed by atoms with E-state index in [0.29, 0.717) is 5.56 Å². The van der Waals surface area contributed by atoms with Gasteiger partial charge in [-0.3, -0.25) is 0 Å². The lowest BCUT2D eigenvalue weighted by Gasteiger charge is -2.44. The Balaban J connectivity index is 0.932. The van der Waals surface area contributed by atoms with Gasteiger partial charge in [-0.25, -0.2) is 0 Å². The Kier molecular flexibility index (Phi) is 13.0. The van der Waals surface area contributed by atoms with E-state index in [9.17, 15) is 5.26 Å². The highest BCUT2D eigenvalue weighted by Gasteiger charge is 2.48. The van der Waals surface area contributed by atoms with Crippen molar-refractivity contribution >= 4 is 157 Å². The normalized spacial score (nSPS) is 12.3. The molecule has 15 aromatic carbocycles. The molecule has 8 nitrogen and oxygen atoms in total. The fourth-order valence-electron chi connectivity index (χ4n) is 15.9. The number of nitriles is 1. The van der Waals surface area contributed by atoms with Crippen LogP contribution in [0.2, 0.25) is 0 Å². The highest BCUT2D eigenvalue weighted by Crippen LogP contribution is 2.53. The second kappa shape index (κ2) is 22.8. The van der Waals surface area contributed by atoms with Gasteiger partial charge in [-0.05, 0) is 214 Å². The van der Waals surface area contributed by atoms with Crippen LogP contribution in [-0.2, 0) is 0 Å². The van der Waals surface area contributed by atoms with Crippen LogP contribution < -0.4 is 36.0 Å². The fourth-order valence-corrected chi connectivity index (χ4v) is 15.9. The Morgan fingerprint density at radius 2 is 0.640 bits per heavy atom. The molecule has 3 aromatic heterocycles. The first-order chi connectivity index (χ1) is 49.6. The summed E-state index contributed by atoms with van der Waals surface area (Å²) in [4.78, 5) is 9.61. The molecule has 0 atom stereocenters. The van der Waals surface area contributed by atoms with Crippen molar-refractivity contribution in [2.75, 3.05) is 19.6 Å². The summed E-state index contributed by atoms with van der Waals surface area (Å²) in [5, 5.41) is 16.4. The molecule has 0 saturated carbocycles. The van der Waals surface area contributed by atoms with Crippen LogP contribution in [0.4, 0.5) is 68.2 Å². The van der Waals surface area contributed by atoms with Gasteiger partial charge in [-0.15, -0.1) is 0 Å². The van der Waals surface area contributed by atoms with Crippen molar-refractivity contribution in [3.8, 4) is 39.4 Å². The number of hydrogen-bond donors (Lipinski definition) is 0. The summed E-state index contributed by atoms with van der Waals surface area (Å²) in [5.41, 5.74) is 26.6. The molecule has 2 aliphatic heterocycles. The quantitative estimate of drug-likeness (QED) is 0.119. The molecular weight excluding hydrogens is 1220 g/mol. The minimum absolute atomic E-state index is 0.500. The van der Waals surface area contributed by atoms with E-state index in [1.54, 1.807) is 0 Å². The molecule has 0 saturated heterocycles. The van der Waals surface area contributed by atoms with Crippen LogP contribution in [0.1, 0.15) is 5.56 Å². The first-order valence-electron chi connectivity index (χ1n) is 33.8. The number of benzene rings is 15. The van der Waals surface area contributed by atoms with Gasteiger partial charge in [0.15, 0.2) is 0 Å². The van der Waals surface area contributed by atoms with Gasteiger partial charge in [-0.1, -0.05) is 176 Å². The monoisotopic (exact) mass is 1280 g/mol. The SMILES string of the molecule is N#Cc1ccc(-c2cc3c(c4oc5ccccc5c24)B2c4c(cc(-c5ccc6oc7ccccc7c6c5)cc4N3c3ccc(N(c4ccccc4)c4ccccc4)cc3)N(c3ccc(N(c4ccccc4)c4ccccc4)cc3)c3cc(-c4ccccc4)c4c(oc5ccccc54)c32)cc1. The Hall–Kier alpha value is -13.5. The van der Waals surface area contributed by atoms with Gasteiger partial charge < -0.3 is 32.9 Å². The fraction of sp³-hybridized carbons (Fsp3) is 0. The largest absolute Gasteiger partial charge is 0.456 e. The summed E-state index contributed by atoms with van der Waals surface area (Å²) in [7, 11) is 0. The number of fused-ring (bicyclic) bond motifs is 15. The highest BCUT2D eigenvalue weighted by atomic mass is 16.3. The van der Waals surface area contributed by atoms with Crippen LogP contribution in [0.3, 0.4) is 0 Å². The van der Waals surface area contributed by atoms with Crippen molar-refractivity contribution in [3.05, 3.63) is 345 Å². The van der Waals surface area contributed by atoms with Gasteiger partial charge in [0, 0.05) is 101 Å². The molecule has 0 unspecified atom stereocenters. The number of hydrogen-bond acceptors (Lipinski definition) is 8. The Morgan fingerprint density at radius 1 is 0.280 bits per heavy atom. The van der Waals surface area contributed by atoms with E-state index in [4.69, 9.17) is 13.3 Å². The number of nitrogens with zero attached hydrogens (tertiary/aromatic N) is 5. The van der Waals surface area contributed by atoms with Crippen LogP contribution in [0.5, 0.6) is 0 Å². The molecule has 20 rings (SSSR count). The Labute approximate surface area is 576 Å². The minimum Gasteiger partial charge on any atom is -0.456 e. The summed E-state index contributed by atoms with van der Waals surface area (Å²) >= 11 is 0. The van der Waals surface area contributed by atoms with Gasteiger partial charge in [0.25, 0.3) is 6.71 Å². The first kappa shape index (κ1) is 56.8. The molecule has 0 aliphatic carbocycles. The van der Waals surface area contributed by atoms with Crippen LogP contribution in [-0.4, -0.2) is 6.71 Å². The summed E-state index contributed by atoms with van der Waals surface area (Å²) in [6.45, 7) is -0.500. The van der Waals surface area contributed by atoms with Crippen molar-refractivity contribution in [1.82, 2.24) is 0 Å². The van der Waals surface area contributed by atoms with Crippen molar-refractivity contribution in [1.29, 1.82) is 5.26 Å². The average molecular weight is 1280 g/mol. The molecule has 100 heavy (non-hydrogen) atoms. The third-order valence-corrected chi connectivity index (χ3v) is 20.2. The van der Waals surface area contributed by atoms with E-state index in [1.165, 1.54) is 0 Å². The highest BCUT2D eigenvalue weighted by molar-refractivity contribution is 7.03. The second-order valence-corrected chi connectivity index (χ2v) is 25.8. The van der Waals surface area contributed by atoms with Crippen molar-refractivity contribution < 1.29 is 13.3 Å². The number of anilines is 12. The van der Waals surface area contributed by atoms with Gasteiger partial charge in [0.2, 0.25) is 0 Å². The molecule has 18 aromatic rings. The van der Waals surface area contributed by atoms with Gasteiger partial charge in [0.05, 0.1) is 11.6 Å². The maximum absolute atomic E-state index is 10.3. The predicted octanol–water partition coefficient (Wildman–Crippen LogP) is 23.3. The maximum atomic E-state index is 10.3. The third kappa shape index (κ3) is 8.94. The lowest BCUT2D eigenvalue weighted by Crippen LogP contribution is -2.61. The van der Waals surface area contributed by atoms with Gasteiger partial charge in [0.1, 0.15) is 33.5 Å². The van der Waals surface area contributed by atoms with Gasteiger partial charge >= 0.3 is 0 Å². The molecule has 0 amide bonds. The smallest absolute Gasteiger partial charge is 0.261 e.